The first kappa shape index (κ1) is 20.5. The molecule has 0 fully saturated rings. The fourth-order valence-electron chi connectivity index (χ4n) is 3.74. The van der Waals surface area contributed by atoms with E-state index in [-0.39, 0.29) is 25.5 Å². The van der Waals surface area contributed by atoms with Crippen LogP contribution in [-0.2, 0) is 25.5 Å². The van der Waals surface area contributed by atoms with Crippen LogP contribution in [0, 0.1) is 6.07 Å². The van der Waals surface area contributed by atoms with E-state index in [1.807, 2.05) is 30.5 Å². The molecule has 0 bridgehead atoms. The molecule has 0 aliphatic carbocycles. The summed E-state index contributed by atoms with van der Waals surface area (Å²) in [4.78, 5) is 4.60. The molecule has 2 nitrogen and oxygen atoms in total. The van der Waals surface area contributed by atoms with E-state index >= 15 is 0 Å². The molecular formula is C27H22IrNO-. The second-order valence-electron chi connectivity index (χ2n) is 8.48. The van der Waals surface area contributed by atoms with E-state index in [9.17, 15) is 0 Å². The van der Waals surface area contributed by atoms with Gasteiger partial charge in [0.05, 0.1) is 5.58 Å². The third-order valence-electron chi connectivity index (χ3n) is 5.43. The molecule has 0 N–H and O–H groups in total. The summed E-state index contributed by atoms with van der Waals surface area (Å²) in [5, 5.41) is 2.21. The van der Waals surface area contributed by atoms with Crippen molar-refractivity contribution in [2.75, 3.05) is 0 Å². The molecule has 2 aromatic heterocycles. The van der Waals surface area contributed by atoms with Gasteiger partial charge >= 0.3 is 0 Å². The molecule has 0 atom stereocenters. The second-order valence-corrected chi connectivity index (χ2v) is 8.48. The minimum absolute atomic E-state index is 0. The number of hydrogen-bond donors (Lipinski definition) is 0. The zero-order chi connectivity index (χ0) is 20.0. The number of furan rings is 1. The van der Waals surface area contributed by atoms with Crippen molar-refractivity contribution < 1.29 is 24.5 Å². The summed E-state index contributed by atoms with van der Waals surface area (Å²) in [5.74, 6) is 0. The molecule has 1 radical (unpaired) electrons. The number of fused-ring (bicyclic) bond motifs is 3. The van der Waals surface area contributed by atoms with Crippen LogP contribution >= 0.6 is 0 Å². The molecule has 0 unspecified atom stereocenters. The summed E-state index contributed by atoms with van der Waals surface area (Å²) in [5.41, 5.74) is 7.46. The van der Waals surface area contributed by atoms with E-state index in [4.69, 9.17) is 4.42 Å². The van der Waals surface area contributed by atoms with Gasteiger partial charge in [-0.15, -0.1) is 23.8 Å². The van der Waals surface area contributed by atoms with E-state index in [1.54, 1.807) is 0 Å². The van der Waals surface area contributed by atoms with Gasteiger partial charge in [-0.2, -0.15) is 0 Å². The Bertz CT molecular complexity index is 1330. The zero-order valence-corrected chi connectivity index (χ0v) is 19.6. The molecule has 5 aromatic rings. The predicted octanol–water partition coefficient (Wildman–Crippen LogP) is 7.41. The Kier molecular flexibility index (Phi) is 5.36. The minimum Gasteiger partial charge on any atom is -0.500 e. The molecule has 5 rings (SSSR count). The molecule has 151 valence electrons. The van der Waals surface area contributed by atoms with Crippen LogP contribution < -0.4 is 0 Å². The Balaban J connectivity index is 0.00000218. The Morgan fingerprint density at radius 1 is 0.800 bits per heavy atom. The maximum atomic E-state index is 5.92. The van der Waals surface area contributed by atoms with Gasteiger partial charge in [0.25, 0.3) is 0 Å². The summed E-state index contributed by atoms with van der Waals surface area (Å²) in [6.45, 7) is 6.70. The molecule has 2 heterocycles. The van der Waals surface area contributed by atoms with Gasteiger partial charge in [-0.3, -0.25) is 0 Å². The van der Waals surface area contributed by atoms with Gasteiger partial charge in [0.1, 0.15) is 5.58 Å². The molecule has 0 aliphatic heterocycles. The van der Waals surface area contributed by atoms with Crippen molar-refractivity contribution in [2.24, 2.45) is 0 Å². The normalized spacial score (nSPS) is 11.6. The van der Waals surface area contributed by atoms with Gasteiger partial charge in [-0.25, -0.2) is 0 Å². The number of aromatic nitrogens is 1. The van der Waals surface area contributed by atoms with E-state index in [0.717, 1.165) is 38.8 Å². The van der Waals surface area contributed by atoms with Crippen molar-refractivity contribution in [3.05, 3.63) is 90.6 Å². The topological polar surface area (TPSA) is 26.0 Å². The van der Waals surface area contributed by atoms with Gasteiger partial charge in [0.2, 0.25) is 0 Å². The third kappa shape index (κ3) is 3.71. The molecular weight excluding hydrogens is 547 g/mol. The van der Waals surface area contributed by atoms with Gasteiger partial charge in [-0.1, -0.05) is 74.7 Å². The van der Waals surface area contributed by atoms with Crippen LogP contribution in [0.2, 0.25) is 0 Å². The number of benzene rings is 3. The Morgan fingerprint density at radius 2 is 1.57 bits per heavy atom. The summed E-state index contributed by atoms with van der Waals surface area (Å²) < 4.78 is 5.92. The van der Waals surface area contributed by atoms with Crippen molar-refractivity contribution in [3.63, 3.8) is 0 Å². The fraction of sp³-hybridized carbons (Fsp3) is 0.148. The van der Waals surface area contributed by atoms with Crippen LogP contribution in [0.5, 0.6) is 0 Å². The van der Waals surface area contributed by atoms with Gasteiger partial charge < -0.3 is 9.40 Å². The van der Waals surface area contributed by atoms with Crippen molar-refractivity contribution in [1.82, 2.24) is 4.98 Å². The maximum Gasteiger partial charge on any atom is 0.120 e. The van der Waals surface area contributed by atoms with Gasteiger partial charge in [-0.05, 0) is 39.9 Å². The van der Waals surface area contributed by atoms with Crippen molar-refractivity contribution in [2.45, 2.75) is 26.2 Å². The Morgan fingerprint density at radius 3 is 2.33 bits per heavy atom. The monoisotopic (exact) mass is 569 g/mol. The van der Waals surface area contributed by atoms with Crippen molar-refractivity contribution >= 4 is 21.9 Å². The van der Waals surface area contributed by atoms with E-state index in [1.165, 1.54) is 11.1 Å². The third-order valence-corrected chi connectivity index (χ3v) is 5.43. The standard InChI is InChI=1S/C27H22NO.Ir/c1-27(2,3)21-11-8-18(9-12-21)19-14-15-28-24(17-19)20-10-13-26-23(16-20)22-6-4-5-7-25(22)29-26;/h4-9,11-17H,1-3H3;/q-1;. The molecule has 3 aromatic carbocycles. The average Bonchev–Trinajstić information content (AvgIpc) is 3.11. The van der Waals surface area contributed by atoms with Crippen LogP contribution in [-0.4, -0.2) is 4.98 Å². The number of hydrogen-bond acceptors (Lipinski definition) is 2. The zero-order valence-electron chi connectivity index (χ0n) is 17.2. The fourth-order valence-corrected chi connectivity index (χ4v) is 3.74. The van der Waals surface area contributed by atoms with Crippen LogP contribution in [0.3, 0.4) is 0 Å². The second kappa shape index (κ2) is 7.83. The largest absolute Gasteiger partial charge is 0.500 e. The first-order valence-electron chi connectivity index (χ1n) is 9.89. The van der Waals surface area contributed by atoms with E-state index in [2.05, 4.69) is 80.4 Å². The number of rotatable bonds is 2. The molecule has 0 saturated carbocycles. The number of pyridine rings is 1. The maximum absolute atomic E-state index is 5.92. The number of nitrogens with zero attached hydrogens (tertiary/aromatic N) is 1. The first-order chi connectivity index (χ1) is 14.0. The molecule has 0 spiro atoms. The summed E-state index contributed by atoms with van der Waals surface area (Å²) in [7, 11) is 0. The summed E-state index contributed by atoms with van der Waals surface area (Å²) in [6, 6.07) is 28.5. The van der Waals surface area contributed by atoms with Crippen LogP contribution in [0.25, 0.3) is 44.3 Å². The number of para-hydroxylation sites is 1. The molecule has 3 heteroatoms. The van der Waals surface area contributed by atoms with E-state index < -0.39 is 0 Å². The smallest absolute Gasteiger partial charge is 0.120 e. The molecule has 30 heavy (non-hydrogen) atoms. The first-order valence-corrected chi connectivity index (χ1v) is 9.89. The quantitative estimate of drug-likeness (QED) is 0.207. The van der Waals surface area contributed by atoms with Crippen molar-refractivity contribution in [1.29, 1.82) is 0 Å². The van der Waals surface area contributed by atoms with Gasteiger partial charge in [0, 0.05) is 31.7 Å². The average molecular weight is 569 g/mol. The predicted molar refractivity (Wildman–Crippen MR) is 120 cm³/mol. The van der Waals surface area contributed by atoms with Gasteiger partial charge in [0.15, 0.2) is 0 Å². The SMILES string of the molecule is CC(C)(C)c1ccc(-c2ccnc(-c3[c-]cc4oc5ccccc5c4c3)c2)cc1.[Ir]. The molecule has 0 saturated heterocycles. The Labute approximate surface area is 190 Å². The Hall–Kier alpha value is -2.74. The minimum atomic E-state index is 0. The van der Waals surface area contributed by atoms with Crippen LogP contribution in [0.4, 0.5) is 0 Å². The van der Waals surface area contributed by atoms with Crippen LogP contribution in [0.15, 0.2) is 83.4 Å². The molecule has 0 amide bonds. The summed E-state index contributed by atoms with van der Waals surface area (Å²) in [6.07, 6.45) is 1.87. The van der Waals surface area contributed by atoms with Crippen molar-refractivity contribution in [3.8, 4) is 22.4 Å². The van der Waals surface area contributed by atoms with Crippen LogP contribution in [0.1, 0.15) is 26.3 Å². The summed E-state index contributed by atoms with van der Waals surface area (Å²) >= 11 is 0. The van der Waals surface area contributed by atoms with E-state index in [0.29, 0.717) is 0 Å². The molecule has 0 aliphatic rings.